The highest BCUT2D eigenvalue weighted by Gasteiger charge is 2.61. The average Bonchev–Trinajstić information content (AvgIpc) is 2.72. The molecular formula is C16H27NO. The van der Waals surface area contributed by atoms with Gasteiger partial charge in [-0.3, -0.25) is 9.69 Å². The van der Waals surface area contributed by atoms with Gasteiger partial charge >= 0.3 is 0 Å². The Hall–Kier alpha value is -0.370. The van der Waals surface area contributed by atoms with E-state index >= 15 is 0 Å². The smallest absolute Gasteiger partial charge is 0.135 e. The van der Waals surface area contributed by atoms with Crippen molar-refractivity contribution in [1.82, 2.24) is 4.90 Å². The third-order valence-corrected chi connectivity index (χ3v) is 6.26. The van der Waals surface area contributed by atoms with Gasteiger partial charge in [-0.2, -0.15) is 0 Å². The van der Waals surface area contributed by atoms with E-state index in [0.717, 1.165) is 25.3 Å². The summed E-state index contributed by atoms with van der Waals surface area (Å²) in [5.74, 6) is 1.36. The second kappa shape index (κ2) is 3.82. The number of piperidine rings is 1. The first-order valence-corrected chi connectivity index (χ1v) is 7.62. The number of Topliss-reactive ketones (excluding diaryl/α,β-unsaturated/α-hetero) is 1. The summed E-state index contributed by atoms with van der Waals surface area (Å²) in [4.78, 5) is 14.3. The summed E-state index contributed by atoms with van der Waals surface area (Å²) in [6, 6.07) is 1.14. The van der Waals surface area contributed by atoms with Gasteiger partial charge in [0.2, 0.25) is 0 Å². The molecule has 3 rings (SSSR count). The number of fused-ring (bicyclic) bond motifs is 2. The van der Waals surface area contributed by atoms with Crippen LogP contribution in [0.3, 0.4) is 0 Å². The van der Waals surface area contributed by atoms with Gasteiger partial charge < -0.3 is 0 Å². The van der Waals surface area contributed by atoms with Crippen LogP contribution in [0.2, 0.25) is 0 Å². The summed E-state index contributed by atoms with van der Waals surface area (Å²) in [5, 5.41) is 0. The van der Waals surface area contributed by atoms with Crippen LogP contribution in [0.15, 0.2) is 0 Å². The van der Waals surface area contributed by atoms with Crippen molar-refractivity contribution >= 4 is 5.78 Å². The average molecular weight is 249 g/mol. The molecule has 2 bridgehead atoms. The van der Waals surface area contributed by atoms with E-state index in [1.165, 1.54) is 19.3 Å². The molecule has 4 atom stereocenters. The quantitative estimate of drug-likeness (QED) is 0.711. The van der Waals surface area contributed by atoms with E-state index in [1.54, 1.807) is 0 Å². The molecule has 1 heterocycles. The number of ketones is 1. The number of carbonyl (C=O) groups is 1. The SMILES string of the molecule is CC1CC(=O)CCN1C1C2(C)CCC(C2)C1(C)C. The Labute approximate surface area is 111 Å². The van der Waals surface area contributed by atoms with Crippen LogP contribution in [0.4, 0.5) is 0 Å². The van der Waals surface area contributed by atoms with Crippen molar-refractivity contribution in [1.29, 1.82) is 0 Å². The van der Waals surface area contributed by atoms with E-state index in [9.17, 15) is 4.79 Å². The third-order valence-electron chi connectivity index (χ3n) is 6.26. The van der Waals surface area contributed by atoms with Crippen molar-refractivity contribution in [3.05, 3.63) is 0 Å². The zero-order valence-electron chi connectivity index (χ0n) is 12.3. The van der Waals surface area contributed by atoms with Gasteiger partial charge in [-0.25, -0.2) is 0 Å². The molecule has 0 aromatic rings. The topological polar surface area (TPSA) is 20.3 Å². The molecule has 0 N–H and O–H groups in total. The first-order valence-electron chi connectivity index (χ1n) is 7.62. The standard InChI is InChI=1S/C16H27NO/c1-11-9-13(18)6-8-17(11)14-15(2,3)12-5-7-16(14,4)10-12/h11-12,14H,5-10H2,1-4H3. The van der Waals surface area contributed by atoms with Crippen molar-refractivity contribution in [2.75, 3.05) is 6.54 Å². The molecule has 2 aliphatic carbocycles. The predicted octanol–water partition coefficient (Wildman–Crippen LogP) is 3.25. The van der Waals surface area contributed by atoms with Crippen LogP contribution in [0.1, 0.15) is 59.8 Å². The van der Waals surface area contributed by atoms with Gasteiger partial charge in [0.1, 0.15) is 5.78 Å². The third kappa shape index (κ3) is 1.61. The maximum atomic E-state index is 11.6. The Morgan fingerprint density at radius 3 is 2.56 bits per heavy atom. The van der Waals surface area contributed by atoms with E-state index < -0.39 is 0 Å². The van der Waals surface area contributed by atoms with Gasteiger partial charge in [0, 0.05) is 31.5 Å². The highest BCUT2D eigenvalue weighted by Crippen LogP contribution is 2.64. The monoisotopic (exact) mass is 249 g/mol. The maximum absolute atomic E-state index is 11.6. The van der Waals surface area contributed by atoms with Crippen LogP contribution in [-0.4, -0.2) is 29.3 Å². The van der Waals surface area contributed by atoms with Crippen LogP contribution in [0.5, 0.6) is 0 Å². The Morgan fingerprint density at radius 2 is 2.00 bits per heavy atom. The second-order valence-electron chi connectivity index (χ2n) is 7.90. The zero-order valence-corrected chi connectivity index (χ0v) is 12.3. The highest BCUT2D eigenvalue weighted by atomic mass is 16.1. The summed E-state index contributed by atoms with van der Waals surface area (Å²) in [7, 11) is 0. The first kappa shape index (κ1) is 12.7. The predicted molar refractivity (Wildman–Crippen MR) is 73.4 cm³/mol. The molecule has 0 spiro atoms. The lowest BCUT2D eigenvalue weighted by atomic mass is 9.67. The number of hydrogen-bond acceptors (Lipinski definition) is 2. The molecule has 0 radical (unpaired) electrons. The van der Waals surface area contributed by atoms with Gasteiger partial charge in [0.05, 0.1) is 0 Å². The highest BCUT2D eigenvalue weighted by molar-refractivity contribution is 5.79. The normalized spacial score (nSPS) is 47.8. The summed E-state index contributed by atoms with van der Waals surface area (Å²) in [6.07, 6.45) is 5.76. The van der Waals surface area contributed by atoms with E-state index in [0.29, 0.717) is 28.7 Å². The lowest BCUT2D eigenvalue weighted by Gasteiger charge is -2.52. The fraction of sp³-hybridized carbons (Fsp3) is 0.938. The molecular weight excluding hydrogens is 222 g/mol. The van der Waals surface area contributed by atoms with Crippen molar-refractivity contribution in [3.63, 3.8) is 0 Å². The molecule has 2 saturated carbocycles. The minimum Gasteiger partial charge on any atom is -0.300 e. The summed E-state index contributed by atoms with van der Waals surface area (Å²) < 4.78 is 0. The first-order chi connectivity index (χ1) is 8.34. The molecule has 0 aromatic carbocycles. The van der Waals surface area contributed by atoms with E-state index in [4.69, 9.17) is 0 Å². The number of hydrogen-bond donors (Lipinski definition) is 0. The molecule has 18 heavy (non-hydrogen) atoms. The molecule has 102 valence electrons. The van der Waals surface area contributed by atoms with Crippen molar-refractivity contribution in [2.24, 2.45) is 16.7 Å². The Balaban J connectivity index is 1.89. The zero-order chi connectivity index (χ0) is 13.1. The Kier molecular flexibility index (Phi) is 2.68. The number of carbonyl (C=O) groups excluding carboxylic acids is 1. The lowest BCUT2D eigenvalue weighted by Crippen LogP contribution is -2.57. The lowest BCUT2D eigenvalue weighted by molar-refractivity contribution is -0.126. The van der Waals surface area contributed by atoms with Gasteiger partial charge in [-0.15, -0.1) is 0 Å². The van der Waals surface area contributed by atoms with Crippen LogP contribution in [-0.2, 0) is 4.79 Å². The molecule has 3 aliphatic rings. The molecule has 4 unspecified atom stereocenters. The van der Waals surface area contributed by atoms with Crippen molar-refractivity contribution in [2.45, 2.75) is 71.9 Å². The molecule has 2 heteroatoms. The van der Waals surface area contributed by atoms with Crippen LogP contribution in [0, 0.1) is 16.7 Å². The van der Waals surface area contributed by atoms with Crippen molar-refractivity contribution < 1.29 is 4.79 Å². The minimum atomic E-state index is 0.432. The molecule has 3 fully saturated rings. The van der Waals surface area contributed by atoms with Crippen LogP contribution >= 0.6 is 0 Å². The maximum Gasteiger partial charge on any atom is 0.135 e. The molecule has 0 aromatic heterocycles. The molecule has 2 nitrogen and oxygen atoms in total. The second-order valence-corrected chi connectivity index (χ2v) is 7.90. The number of rotatable bonds is 1. The molecule has 0 amide bonds. The van der Waals surface area contributed by atoms with E-state index in [-0.39, 0.29) is 0 Å². The van der Waals surface area contributed by atoms with E-state index in [1.807, 2.05) is 0 Å². The Morgan fingerprint density at radius 1 is 1.28 bits per heavy atom. The minimum absolute atomic E-state index is 0.432. The number of nitrogens with zero attached hydrogens (tertiary/aromatic N) is 1. The largest absolute Gasteiger partial charge is 0.300 e. The molecule has 1 saturated heterocycles. The summed E-state index contributed by atoms with van der Waals surface area (Å²) in [5.41, 5.74) is 0.935. The van der Waals surface area contributed by atoms with Gasteiger partial charge in [0.25, 0.3) is 0 Å². The fourth-order valence-corrected chi connectivity index (χ4v) is 5.51. The number of likely N-dealkylation sites (tertiary alicyclic amines) is 1. The Bertz CT molecular complexity index is 371. The van der Waals surface area contributed by atoms with Crippen LogP contribution < -0.4 is 0 Å². The van der Waals surface area contributed by atoms with Crippen LogP contribution in [0.25, 0.3) is 0 Å². The fourth-order valence-electron chi connectivity index (χ4n) is 5.51. The summed E-state index contributed by atoms with van der Waals surface area (Å²) >= 11 is 0. The van der Waals surface area contributed by atoms with Crippen molar-refractivity contribution in [3.8, 4) is 0 Å². The van der Waals surface area contributed by atoms with Gasteiger partial charge in [-0.05, 0) is 42.9 Å². The summed E-state index contributed by atoms with van der Waals surface area (Å²) in [6.45, 7) is 10.7. The van der Waals surface area contributed by atoms with Gasteiger partial charge in [0.15, 0.2) is 0 Å². The van der Waals surface area contributed by atoms with Gasteiger partial charge in [-0.1, -0.05) is 20.8 Å². The van der Waals surface area contributed by atoms with E-state index in [2.05, 4.69) is 32.6 Å². The molecule has 1 aliphatic heterocycles.